The highest BCUT2D eigenvalue weighted by atomic mass is 32.2. The average molecular weight is 445 g/mol. The van der Waals surface area contributed by atoms with Crippen LogP contribution in [0.5, 0.6) is 5.75 Å². The fraction of sp³-hybridized carbons (Fsp3) is 0.286. The second kappa shape index (κ2) is 9.27. The van der Waals surface area contributed by atoms with E-state index in [0.717, 1.165) is 0 Å². The average Bonchev–Trinajstić information content (AvgIpc) is 2.77. The van der Waals surface area contributed by atoms with Crippen LogP contribution in [0.25, 0.3) is 11.0 Å². The Labute approximate surface area is 180 Å². The standard InChI is InChI=1S/C21H24N4O5S/c1-4-25-19-10-5-15(13-18(19)24-14(2)21(25)27)20(26)22-11-12-23-31(28,29)17-8-6-16(30-3)7-9-17/h5-10,13,23H,4,11-12H2,1-3H3,(H,22,26). The topological polar surface area (TPSA) is 119 Å². The van der Waals surface area contributed by atoms with Crippen LogP contribution in [-0.2, 0) is 16.6 Å². The van der Waals surface area contributed by atoms with Crippen molar-refractivity contribution in [3.8, 4) is 5.75 Å². The Morgan fingerprint density at radius 3 is 2.48 bits per heavy atom. The molecule has 0 atom stereocenters. The van der Waals surface area contributed by atoms with E-state index >= 15 is 0 Å². The Hall–Kier alpha value is -3.24. The molecule has 2 aromatic carbocycles. The first-order valence-corrected chi connectivity index (χ1v) is 11.2. The van der Waals surface area contributed by atoms with Gasteiger partial charge in [0.05, 0.1) is 23.0 Å². The van der Waals surface area contributed by atoms with Crippen molar-refractivity contribution in [1.82, 2.24) is 19.6 Å². The van der Waals surface area contributed by atoms with Crippen molar-refractivity contribution >= 4 is 27.0 Å². The number of hydrogen-bond acceptors (Lipinski definition) is 6. The van der Waals surface area contributed by atoms with Crippen LogP contribution >= 0.6 is 0 Å². The highest BCUT2D eigenvalue weighted by Gasteiger charge is 2.14. The number of aromatic nitrogens is 2. The maximum absolute atomic E-state index is 12.5. The Morgan fingerprint density at radius 1 is 1.13 bits per heavy atom. The van der Waals surface area contributed by atoms with E-state index < -0.39 is 10.0 Å². The molecule has 1 heterocycles. The number of carbonyl (C=O) groups excluding carboxylic acids is 1. The third-order valence-corrected chi connectivity index (χ3v) is 6.24. The number of nitrogens with zero attached hydrogens (tertiary/aromatic N) is 2. The molecule has 0 saturated carbocycles. The zero-order valence-electron chi connectivity index (χ0n) is 17.5. The lowest BCUT2D eigenvalue weighted by Crippen LogP contribution is -2.34. The summed E-state index contributed by atoms with van der Waals surface area (Å²) in [6.07, 6.45) is 0. The predicted molar refractivity (Wildman–Crippen MR) is 117 cm³/mol. The summed E-state index contributed by atoms with van der Waals surface area (Å²) < 4.78 is 33.7. The van der Waals surface area contributed by atoms with Gasteiger partial charge in [0.25, 0.3) is 11.5 Å². The lowest BCUT2D eigenvalue weighted by atomic mass is 10.1. The van der Waals surface area contributed by atoms with Crippen LogP contribution in [0.15, 0.2) is 52.2 Å². The summed E-state index contributed by atoms with van der Waals surface area (Å²) in [5.41, 5.74) is 1.78. The van der Waals surface area contributed by atoms with E-state index in [1.54, 1.807) is 41.8 Å². The predicted octanol–water partition coefficient (Wildman–Crippen LogP) is 1.44. The lowest BCUT2D eigenvalue weighted by Gasteiger charge is -2.11. The number of benzene rings is 2. The highest BCUT2D eigenvalue weighted by Crippen LogP contribution is 2.15. The molecular weight excluding hydrogens is 420 g/mol. The van der Waals surface area contributed by atoms with Crippen molar-refractivity contribution in [2.45, 2.75) is 25.3 Å². The van der Waals surface area contributed by atoms with Crippen molar-refractivity contribution in [3.05, 3.63) is 64.1 Å². The molecule has 0 fully saturated rings. The van der Waals surface area contributed by atoms with Gasteiger partial charge in [0, 0.05) is 25.2 Å². The lowest BCUT2D eigenvalue weighted by molar-refractivity contribution is 0.0954. The van der Waals surface area contributed by atoms with E-state index in [4.69, 9.17) is 4.74 Å². The summed E-state index contributed by atoms with van der Waals surface area (Å²) in [5, 5.41) is 2.68. The minimum atomic E-state index is -3.69. The number of nitrogens with one attached hydrogen (secondary N) is 2. The molecule has 2 N–H and O–H groups in total. The van der Waals surface area contributed by atoms with Gasteiger partial charge >= 0.3 is 0 Å². The van der Waals surface area contributed by atoms with Gasteiger partial charge in [-0.1, -0.05) is 0 Å². The van der Waals surface area contributed by atoms with Gasteiger partial charge in [-0.3, -0.25) is 9.59 Å². The van der Waals surface area contributed by atoms with E-state index in [0.29, 0.717) is 34.6 Å². The molecule has 0 bridgehead atoms. The summed E-state index contributed by atoms with van der Waals surface area (Å²) in [7, 11) is -2.19. The summed E-state index contributed by atoms with van der Waals surface area (Å²) >= 11 is 0. The van der Waals surface area contributed by atoms with Gasteiger partial charge in [-0.05, 0) is 56.3 Å². The van der Waals surface area contributed by atoms with Crippen molar-refractivity contribution in [2.75, 3.05) is 20.2 Å². The van der Waals surface area contributed by atoms with Gasteiger partial charge in [-0.25, -0.2) is 18.1 Å². The van der Waals surface area contributed by atoms with Crippen LogP contribution in [0, 0.1) is 6.92 Å². The normalized spacial score (nSPS) is 11.5. The van der Waals surface area contributed by atoms with Gasteiger partial charge in [0.1, 0.15) is 11.4 Å². The number of rotatable bonds is 8. The van der Waals surface area contributed by atoms with Gasteiger partial charge in [-0.15, -0.1) is 0 Å². The Bertz CT molecular complexity index is 1270. The van der Waals surface area contributed by atoms with Crippen molar-refractivity contribution in [1.29, 1.82) is 0 Å². The largest absolute Gasteiger partial charge is 0.497 e. The maximum Gasteiger partial charge on any atom is 0.272 e. The van der Waals surface area contributed by atoms with E-state index in [2.05, 4.69) is 15.0 Å². The van der Waals surface area contributed by atoms with Crippen LogP contribution in [0.1, 0.15) is 23.0 Å². The number of aryl methyl sites for hydroxylation is 2. The van der Waals surface area contributed by atoms with Gasteiger partial charge in [0.2, 0.25) is 10.0 Å². The molecule has 1 aromatic heterocycles. The van der Waals surface area contributed by atoms with Gasteiger partial charge in [-0.2, -0.15) is 0 Å². The van der Waals surface area contributed by atoms with Crippen molar-refractivity contribution in [2.24, 2.45) is 0 Å². The van der Waals surface area contributed by atoms with Crippen LogP contribution in [0.2, 0.25) is 0 Å². The molecule has 164 valence electrons. The number of fused-ring (bicyclic) bond motifs is 1. The number of methoxy groups -OCH3 is 1. The molecule has 0 spiro atoms. The second-order valence-corrected chi connectivity index (χ2v) is 8.55. The number of carbonyl (C=O) groups is 1. The van der Waals surface area contributed by atoms with Crippen LogP contribution < -0.4 is 20.3 Å². The smallest absolute Gasteiger partial charge is 0.272 e. The Balaban J connectivity index is 1.63. The quantitative estimate of drug-likeness (QED) is 0.508. The molecule has 0 unspecified atom stereocenters. The third-order valence-electron chi connectivity index (χ3n) is 4.76. The van der Waals surface area contributed by atoms with Crippen LogP contribution in [0.3, 0.4) is 0 Å². The third kappa shape index (κ3) is 4.92. The Kier molecular flexibility index (Phi) is 6.71. The van der Waals surface area contributed by atoms with Crippen LogP contribution in [-0.4, -0.2) is 44.1 Å². The molecular formula is C21H24N4O5S. The van der Waals surface area contributed by atoms with Gasteiger partial charge < -0.3 is 14.6 Å². The number of sulfonamides is 1. The monoisotopic (exact) mass is 444 g/mol. The minimum Gasteiger partial charge on any atom is -0.497 e. The molecule has 0 radical (unpaired) electrons. The SMILES string of the molecule is CCn1c(=O)c(C)nc2cc(C(=O)NCCNS(=O)(=O)c3ccc(OC)cc3)ccc21. The Morgan fingerprint density at radius 2 is 1.84 bits per heavy atom. The fourth-order valence-corrected chi connectivity index (χ4v) is 4.16. The van der Waals surface area contributed by atoms with Crippen molar-refractivity contribution in [3.63, 3.8) is 0 Å². The summed E-state index contributed by atoms with van der Waals surface area (Å²) in [5.74, 6) is 0.196. The first kappa shape index (κ1) is 22.4. The van der Waals surface area contributed by atoms with E-state index in [1.807, 2.05) is 6.92 Å². The highest BCUT2D eigenvalue weighted by molar-refractivity contribution is 7.89. The van der Waals surface area contributed by atoms with Crippen molar-refractivity contribution < 1.29 is 17.9 Å². The molecule has 3 aromatic rings. The number of amides is 1. The second-order valence-electron chi connectivity index (χ2n) is 6.78. The minimum absolute atomic E-state index is 0.0282. The number of hydrogen-bond donors (Lipinski definition) is 2. The molecule has 0 saturated heterocycles. The van der Waals surface area contributed by atoms with Crippen LogP contribution in [0.4, 0.5) is 0 Å². The summed E-state index contributed by atoms with van der Waals surface area (Å²) in [6, 6.07) is 10.9. The molecule has 0 aliphatic carbocycles. The molecule has 10 heteroatoms. The number of ether oxygens (including phenoxy) is 1. The molecule has 9 nitrogen and oxygen atoms in total. The molecule has 31 heavy (non-hydrogen) atoms. The fourth-order valence-electron chi connectivity index (χ4n) is 3.13. The maximum atomic E-state index is 12.5. The summed E-state index contributed by atoms with van der Waals surface area (Å²) in [6.45, 7) is 4.13. The molecule has 0 aliphatic rings. The molecule has 0 aliphatic heterocycles. The molecule has 1 amide bonds. The summed E-state index contributed by atoms with van der Waals surface area (Å²) in [4.78, 5) is 29.0. The first-order chi connectivity index (χ1) is 14.8. The molecule has 3 rings (SSSR count). The van der Waals surface area contributed by atoms with E-state index in [9.17, 15) is 18.0 Å². The zero-order valence-corrected chi connectivity index (χ0v) is 18.3. The first-order valence-electron chi connectivity index (χ1n) is 9.70. The van der Waals surface area contributed by atoms with Gasteiger partial charge in [0.15, 0.2) is 0 Å². The zero-order chi connectivity index (χ0) is 22.6. The van der Waals surface area contributed by atoms with E-state index in [-0.39, 0.29) is 29.5 Å². The van der Waals surface area contributed by atoms with E-state index in [1.165, 1.54) is 19.2 Å².